The van der Waals surface area contributed by atoms with Crippen molar-refractivity contribution >= 4 is 17.6 Å². The van der Waals surface area contributed by atoms with E-state index < -0.39 is 35.9 Å². The zero-order valence-corrected chi connectivity index (χ0v) is 9.31. The first-order chi connectivity index (χ1) is 8.45. The SMILES string of the molecule is CNC(=O)NC(=O)CNc1ccc(F)c(F)c1F. The second kappa shape index (κ2) is 5.89. The van der Waals surface area contributed by atoms with Crippen molar-refractivity contribution in [1.82, 2.24) is 10.6 Å². The van der Waals surface area contributed by atoms with Crippen LogP contribution in [0.15, 0.2) is 12.1 Å². The minimum absolute atomic E-state index is 0.374. The van der Waals surface area contributed by atoms with Gasteiger partial charge in [0.15, 0.2) is 17.5 Å². The van der Waals surface area contributed by atoms with Gasteiger partial charge in [0.2, 0.25) is 5.91 Å². The molecule has 18 heavy (non-hydrogen) atoms. The first kappa shape index (κ1) is 13.8. The Bertz CT molecular complexity index is 480. The summed E-state index contributed by atoms with van der Waals surface area (Å²) in [5, 5.41) is 6.28. The van der Waals surface area contributed by atoms with Crippen LogP contribution >= 0.6 is 0 Å². The standard InChI is InChI=1S/C10H10F3N3O2/c1-14-10(18)16-7(17)4-15-6-3-2-5(11)8(12)9(6)13/h2-3,15H,4H2,1H3,(H2,14,16,17,18). The monoisotopic (exact) mass is 261 g/mol. The molecule has 0 unspecified atom stereocenters. The number of benzene rings is 1. The van der Waals surface area contributed by atoms with Crippen LogP contribution in [-0.4, -0.2) is 25.5 Å². The van der Waals surface area contributed by atoms with E-state index in [0.29, 0.717) is 0 Å². The summed E-state index contributed by atoms with van der Waals surface area (Å²) in [5.41, 5.74) is -0.374. The minimum atomic E-state index is -1.63. The van der Waals surface area contributed by atoms with Crippen molar-refractivity contribution in [2.75, 3.05) is 18.9 Å². The third-order valence-corrected chi connectivity index (χ3v) is 1.95. The molecule has 0 saturated carbocycles. The third-order valence-electron chi connectivity index (χ3n) is 1.95. The van der Waals surface area contributed by atoms with Gasteiger partial charge in [-0.25, -0.2) is 18.0 Å². The fraction of sp³-hybridized carbons (Fsp3) is 0.200. The van der Waals surface area contributed by atoms with Gasteiger partial charge in [0, 0.05) is 7.05 Å². The highest BCUT2D eigenvalue weighted by atomic mass is 19.2. The number of imide groups is 1. The van der Waals surface area contributed by atoms with Crippen LogP contribution in [0.25, 0.3) is 0 Å². The first-order valence-electron chi connectivity index (χ1n) is 4.84. The number of halogens is 3. The summed E-state index contributed by atoms with van der Waals surface area (Å²) < 4.78 is 38.6. The summed E-state index contributed by atoms with van der Waals surface area (Å²) in [5.74, 6) is -5.14. The summed E-state index contributed by atoms with van der Waals surface area (Å²) in [7, 11) is 1.31. The van der Waals surface area contributed by atoms with Crippen molar-refractivity contribution in [3.63, 3.8) is 0 Å². The van der Waals surface area contributed by atoms with Gasteiger partial charge in [-0.2, -0.15) is 0 Å². The Hall–Kier alpha value is -2.25. The summed E-state index contributed by atoms with van der Waals surface area (Å²) in [6.07, 6.45) is 0. The van der Waals surface area contributed by atoms with Gasteiger partial charge in [-0.05, 0) is 12.1 Å². The molecule has 0 bridgehead atoms. The van der Waals surface area contributed by atoms with Crippen LogP contribution in [0.5, 0.6) is 0 Å². The molecule has 1 aromatic carbocycles. The van der Waals surface area contributed by atoms with E-state index in [1.807, 2.05) is 5.32 Å². The quantitative estimate of drug-likeness (QED) is 0.710. The Balaban J connectivity index is 2.62. The molecule has 0 aliphatic rings. The second-order valence-corrected chi connectivity index (χ2v) is 3.20. The average Bonchev–Trinajstić information content (AvgIpc) is 2.35. The highest BCUT2D eigenvalue weighted by Gasteiger charge is 2.14. The zero-order valence-electron chi connectivity index (χ0n) is 9.31. The van der Waals surface area contributed by atoms with Gasteiger partial charge in [-0.1, -0.05) is 0 Å². The molecule has 0 fully saturated rings. The van der Waals surface area contributed by atoms with Crippen molar-refractivity contribution < 1.29 is 22.8 Å². The fourth-order valence-corrected chi connectivity index (χ4v) is 1.07. The number of amides is 3. The highest BCUT2D eigenvalue weighted by molar-refractivity contribution is 5.96. The number of anilines is 1. The molecule has 0 atom stereocenters. The lowest BCUT2D eigenvalue weighted by Gasteiger charge is -2.08. The number of rotatable bonds is 3. The number of carbonyl (C=O) groups is 2. The molecule has 3 amide bonds. The topological polar surface area (TPSA) is 70.2 Å². The van der Waals surface area contributed by atoms with Crippen LogP contribution in [0, 0.1) is 17.5 Å². The predicted octanol–water partition coefficient (Wildman–Crippen LogP) is 0.971. The molecule has 0 aliphatic heterocycles. The predicted molar refractivity (Wildman–Crippen MR) is 57.4 cm³/mol. The van der Waals surface area contributed by atoms with E-state index >= 15 is 0 Å². The molecule has 1 aromatic rings. The largest absolute Gasteiger partial charge is 0.374 e. The third kappa shape index (κ3) is 3.37. The maximum absolute atomic E-state index is 13.2. The summed E-state index contributed by atoms with van der Waals surface area (Å²) >= 11 is 0. The Morgan fingerprint density at radius 1 is 1.17 bits per heavy atom. The van der Waals surface area contributed by atoms with E-state index in [-0.39, 0.29) is 5.69 Å². The lowest BCUT2D eigenvalue weighted by atomic mass is 10.3. The van der Waals surface area contributed by atoms with Gasteiger partial charge in [0.1, 0.15) is 0 Å². The molecule has 5 nitrogen and oxygen atoms in total. The Morgan fingerprint density at radius 3 is 2.44 bits per heavy atom. The second-order valence-electron chi connectivity index (χ2n) is 3.20. The summed E-state index contributed by atoms with van der Waals surface area (Å²) in [4.78, 5) is 21.9. The zero-order chi connectivity index (χ0) is 13.7. The van der Waals surface area contributed by atoms with Crippen LogP contribution in [0.2, 0.25) is 0 Å². The van der Waals surface area contributed by atoms with Crippen molar-refractivity contribution in [3.05, 3.63) is 29.6 Å². The van der Waals surface area contributed by atoms with Crippen LogP contribution in [-0.2, 0) is 4.79 Å². The molecule has 98 valence electrons. The van der Waals surface area contributed by atoms with Crippen LogP contribution in [0.3, 0.4) is 0 Å². The average molecular weight is 261 g/mol. The Morgan fingerprint density at radius 2 is 1.83 bits per heavy atom. The van der Waals surface area contributed by atoms with Crippen molar-refractivity contribution in [2.24, 2.45) is 0 Å². The van der Waals surface area contributed by atoms with E-state index in [1.54, 1.807) is 0 Å². The maximum Gasteiger partial charge on any atom is 0.321 e. The van der Waals surface area contributed by atoms with Crippen molar-refractivity contribution in [3.8, 4) is 0 Å². The molecule has 0 saturated heterocycles. The molecule has 0 aliphatic carbocycles. The Kier molecular flexibility index (Phi) is 4.52. The van der Waals surface area contributed by atoms with Gasteiger partial charge in [-0.15, -0.1) is 0 Å². The van der Waals surface area contributed by atoms with Gasteiger partial charge < -0.3 is 10.6 Å². The molecular formula is C10H10F3N3O2. The fourth-order valence-electron chi connectivity index (χ4n) is 1.07. The minimum Gasteiger partial charge on any atom is -0.374 e. The molecule has 0 aromatic heterocycles. The number of nitrogens with one attached hydrogen (secondary N) is 3. The number of carbonyl (C=O) groups excluding carboxylic acids is 2. The maximum atomic E-state index is 13.2. The van der Waals surface area contributed by atoms with Crippen molar-refractivity contribution in [1.29, 1.82) is 0 Å². The highest BCUT2D eigenvalue weighted by Crippen LogP contribution is 2.19. The molecule has 0 heterocycles. The summed E-state index contributed by atoms with van der Waals surface area (Å²) in [6.45, 7) is -0.463. The van der Waals surface area contributed by atoms with Gasteiger partial charge in [0.25, 0.3) is 0 Å². The van der Waals surface area contributed by atoms with Gasteiger partial charge in [0.05, 0.1) is 12.2 Å². The first-order valence-corrected chi connectivity index (χ1v) is 4.84. The van der Waals surface area contributed by atoms with Gasteiger partial charge in [-0.3, -0.25) is 10.1 Å². The molecule has 1 rings (SSSR count). The van der Waals surface area contributed by atoms with E-state index in [4.69, 9.17) is 0 Å². The molecular weight excluding hydrogens is 251 g/mol. The van der Waals surface area contributed by atoms with Crippen LogP contribution in [0.1, 0.15) is 0 Å². The van der Waals surface area contributed by atoms with E-state index in [0.717, 1.165) is 12.1 Å². The van der Waals surface area contributed by atoms with Crippen LogP contribution in [0.4, 0.5) is 23.7 Å². The lowest BCUT2D eigenvalue weighted by molar-refractivity contribution is -0.118. The van der Waals surface area contributed by atoms with Gasteiger partial charge >= 0.3 is 6.03 Å². The molecule has 8 heteroatoms. The number of hydrogen-bond acceptors (Lipinski definition) is 3. The Labute approximate surface area is 100 Å². The molecule has 3 N–H and O–H groups in total. The van der Waals surface area contributed by atoms with Crippen molar-refractivity contribution in [2.45, 2.75) is 0 Å². The number of hydrogen-bond donors (Lipinski definition) is 3. The van der Waals surface area contributed by atoms with Crippen LogP contribution < -0.4 is 16.0 Å². The van der Waals surface area contributed by atoms with E-state index in [1.165, 1.54) is 7.05 Å². The molecule has 0 radical (unpaired) electrons. The normalized spacial score (nSPS) is 9.78. The van der Waals surface area contributed by atoms with E-state index in [2.05, 4.69) is 10.6 Å². The smallest absolute Gasteiger partial charge is 0.321 e. The lowest BCUT2D eigenvalue weighted by Crippen LogP contribution is -2.40. The summed E-state index contributed by atoms with van der Waals surface area (Å²) in [6, 6.07) is 0.936. The number of urea groups is 1. The molecule has 0 spiro atoms. The van der Waals surface area contributed by atoms with E-state index in [9.17, 15) is 22.8 Å².